The van der Waals surface area contributed by atoms with Gasteiger partial charge in [-0.3, -0.25) is 14.3 Å². The molecule has 9 heteroatoms. The van der Waals surface area contributed by atoms with Gasteiger partial charge in [-0.25, -0.2) is 0 Å². The van der Waals surface area contributed by atoms with Crippen molar-refractivity contribution in [2.75, 3.05) is 12.4 Å². The Hall–Kier alpha value is -3.39. The van der Waals surface area contributed by atoms with Gasteiger partial charge in [0.1, 0.15) is 5.88 Å². The summed E-state index contributed by atoms with van der Waals surface area (Å²) in [6, 6.07) is 13.4. The lowest BCUT2D eigenvalue weighted by Crippen LogP contribution is -2.42. The molecule has 2 atom stereocenters. The van der Waals surface area contributed by atoms with Crippen molar-refractivity contribution in [3.8, 4) is 0 Å². The maximum Gasteiger partial charge on any atom is 0.264 e. The summed E-state index contributed by atoms with van der Waals surface area (Å²) in [5.74, 6) is -0.756. The fraction of sp³-hybridized carbons (Fsp3) is 0.273. The first-order valence-electron chi connectivity index (χ1n) is 9.87. The van der Waals surface area contributed by atoms with Crippen LogP contribution in [0.2, 0.25) is 0 Å². The fourth-order valence-corrected chi connectivity index (χ4v) is 3.56. The number of halogens is 1. The number of alkyl halides is 1. The first-order chi connectivity index (χ1) is 15.0. The number of carbonyl (C=O) groups excluding carboxylic acids is 2. The molecule has 160 valence electrons. The maximum atomic E-state index is 12.9. The Morgan fingerprint density at radius 2 is 2.06 bits per heavy atom. The van der Waals surface area contributed by atoms with Crippen molar-refractivity contribution >= 4 is 39.9 Å². The van der Waals surface area contributed by atoms with Gasteiger partial charge in [0, 0.05) is 31.8 Å². The molecular formula is C22H22ClN5O3. The molecule has 0 aliphatic carbocycles. The second kappa shape index (κ2) is 9.18. The normalized spacial score (nSPS) is 16.5. The highest BCUT2D eigenvalue weighted by Crippen LogP contribution is 2.22. The van der Waals surface area contributed by atoms with Gasteiger partial charge in [0.15, 0.2) is 0 Å². The molecule has 2 heterocycles. The van der Waals surface area contributed by atoms with E-state index in [2.05, 4.69) is 20.9 Å². The van der Waals surface area contributed by atoms with E-state index in [1.807, 2.05) is 55.7 Å². The van der Waals surface area contributed by atoms with Gasteiger partial charge in [0.05, 0.1) is 18.0 Å². The van der Waals surface area contributed by atoms with Gasteiger partial charge in [-0.15, -0.1) is 11.6 Å². The Balaban J connectivity index is 1.48. The molecule has 2 aromatic carbocycles. The molecule has 2 N–H and O–H groups in total. The van der Waals surface area contributed by atoms with Crippen molar-refractivity contribution in [2.24, 2.45) is 12.2 Å². The third-order valence-electron chi connectivity index (χ3n) is 5.12. The molecule has 0 bridgehead atoms. The lowest BCUT2D eigenvalue weighted by Gasteiger charge is -2.21. The van der Waals surface area contributed by atoms with Gasteiger partial charge in [-0.05, 0) is 22.4 Å². The van der Waals surface area contributed by atoms with Crippen molar-refractivity contribution < 1.29 is 14.4 Å². The zero-order valence-electron chi connectivity index (χ0n) is 16.9. The topological polar surface area (TPSA) is 97.6 Å². The van der Waals surface area contributed by atoms with Gasteiger partial charge >= 0.3 is 0 Å². The van der Waals surface area contributed by atoms with Crippen LogP contribution in [0.3, 0.4) is 0 Å². The molecule has 31 heavy (non-hydrogen) atoms. The Morgan fingerprint density at radius 3 is 2.81 bits per heavy atom. The summed E-state index contributed by atoms with van der Waals surface area (Å²) < 4.78 is 1.67. The molecule has 0 saturated heterocycles. The second-order valence-corrected chi connectivity index (χ2v) is 7.61. The van der Waals surface area contributed by atoms with E-state index in [-0.39, 0.29) is 24.2 Å². The number of nitrogens with zero attached hydrogens (tertiary/aromatic N) is 3. The van der Waals surface area contributed by atoms with Crippen molar-refractivity contribution in [2.45, 2.75) is 18.6 Å². The van der Waals surface area contributed by atoms with Crippen LogP contribution in [0.4, 0.5) is 0 Å². The molecule has 0 spiro atoms. The number of oxime groups is 1. The predicted octanol–water partition coefficient (Wildman–Crippen LogP) is 2.28. The molecule has 2 amide bonds. The number of carbonyl (C=O) groups is 2. The molecule has 1 aliphatic heterocycles. The maximum absolute atomic E-state index is 12.9. The lowest BCUT2D eigenvalue weighted by atomic mass is 10.0. The molecule has 0 fully saturated rings. The summed E-state index contributed by atoms with van der Waals surface area (Å²) in [7, 11) is 1.81. The van der Waals surface area contributed by atoms with E-state index in [1.54, 1.807) is 10.9 Å². The van der Waals surface area contributed by atoms with Gasteiger partial charge < -0.3 is 15.5 Å². The second-order valence-electron chi connectivity index (χ2n) is 7.34. The standard InChI is InChI=1S/C22H22ClN5O3/c1-28-13-17(11-25-28)18-9-20(31-27-18)22(30)26-19(12-24-21(29)10-23)16-7-6-14-4-2-3-5-15(14)8-16/h2-8,11,13,19-20H,9-10,12H2,1H3,(H,24,29)(H,26,30). The molecule has 0 radical (unpaired) electrons. The minimum atomic E-state index is -0.748. The summed E-state index contributed by atoms with van der Waals surface area (Å²) in [6.07, 6.45) is 3.10. The monoisotopic (exact) mass is 439 g/mol. The van der Waals surface area contributed by atoms with E-state index >= 15 is 0 Å². The zero-order chi connectivity index (χ0) is 21.8. The molecule has 1 aromatic heterocycles. The summed E-state index contributed by atoms with van der Waals surface area (Å²) in [5, 5.41) is 16.0. The number of benzene rings is 2. The number of aryl methyl sites for hydroxylation is 1. The first-order valence-corrected chi connectivity index (χ1v) is 10.4. The van der Waals surface area contributed by atoms with Crippen molar-refractivity contribution in [3.05, 3.63) is 66.0 Å². The highest BCUT2D eigenvalue weighted by Gasteiger charge is 2.31. The highest BCUT2D eigenvalue weighted by atomic mass is 35.5. The molecule has 1 aliphatic rings. The van der Waals surface area contributed by atoms with E-state index in [9.17, 15) is 9.59 Å². The fourth-order valence-electron chi connectivity index (χ4n) is 3.46. The van der Waals surface area contributed by atoms with Crippen LogP contribution in [0.15, 0.2) is 60.0 Å². The molecule has 8 nitrogen and oxygen atoms in total. The molecule has 2 unspecified atom stereocenters. The van der Waals surface area contributed by atoms with E-state index in [0.29, 0.717) is 12.1 Å². The summed E-state index contributed by atoms with van der Waals surface area (Å²) in [5.41, 5.74) is 2.36. The van der Waals surface area contributed by atoms with Crippen LogP contribution in [-0.4, -0.2) is 45.8 Å². The van der Waals surface area contributed by atoms with Crippen LogP contribution in [0.25, 0.3) is 10.8 Å². The third-order valence-corrected chi connectivity index (χ3v) is 5.36. The van der Waals surface area contributed by atoms with Crippen molar-refractivity contribution in [3.63, 3.8) is 0 Å². The number of fused-ring (bicyclic) bond motifs is 1. The van der Waals surface area contributed by atoms with Crippen molar-refractivity contribution in [1.29, 1.82) is 0 Å². The Labute approximate surface area is 184 Å². The minimum absolute atomic E-state index is 0.146. The van der Waals surface area contributed by atoms with Gasteiger partial charge in [-0.2, -0.15) is 5.10 Å². The largest absolute Gasteiger partial charge is 0.382 e. The number of aromatic nitrogens is 2. The Bertz CT molecular complexity index is 1140. The number of hydrogen-bond acceptors (Lipinski definition) is 5. The van der Waals surface area contributed by atoms with Crippen LogP contribution in [0.1, 0.15) is 23.6 Å². The Kier molecular flexibility index (Phi) is 6.18. The molecule has 4 rings (SSSR count). The predicted molar refractivity (Wildman–Crippen MR) is 118 cm³/mol. The smallest absolute Gasteiger partial charge is 0.264 e. The Morgan fingerprint density at radius 1 is 1.26 bits per heavy atom. The molecule has 0 saturated carbocycles. The van der Waals surface area contributed by atoms with E-state index < -0.39 is 12.1 Å². The SMILES string of the molecule is Cn1cc(C2=NOC(C(=O)NC(CNC(=O)CCl)c3ccc4ccccc4c3)C2)cn1. The van der Waals surface area contributed by atoms with Gasteiger partial charge in [-0.1, -0.05) is 41.6 Å². The van der Waals surface area contributed by atoms with Crippen LogP contribution >= 0.6 is 11.6 Å². The first kappa shape index (κ1) is 20.9. The van der Waals surface area contributed by atoms with E-state index in [1.165, 1.54) is 0 Å². The average molecular weight is 440 g/mol. The van der Waals surface area contributed by atoms with Gasteiger partial charge in [0.25, 0.3) is 5.91 Å². The summed E-state index contributed by atoms with van der Waals surface area (Å²) in [6.45, 7) is 0.207. The van der Waals surface area contributed by atoms with Gasteiger partial charge in [0.2, 0.25) is 12.0 Å². The lowest BCUT2D eigenvalue weighted by molar-refractivity contribution is -0.132. The van der Waals surface area contributed by atoms with Crippen LogP contribution < -0.4 is 10.6 Å². The summed E-state index contributed by atoms with van der Waals surface area (Å²) >= 11 is 5.60. The number of hydrogen-bond donors (Lipinski definition) is 2. The molecule has 3 aromatic rings. The van der Waals surface area contributed by atoms with Crippen molar-refractivity contribution in [1.82, 2.24) is 20.4 Å². The molecular weight excluding hydrogens is 418 g/mol. The van der Waals surface area contributed by atoms with Crippen LogP contribution in [0, 0.1) is 0 Å². The van der Waals surface area contributed by atoms with Crippen LogP contribution in [-0.2, 0) is 21.5 Å². The number of amides is 2. The minimum Gasteiger partial charge on any atom is -0.382 e. The third kappa shape index (κ3) is 4.86. The zero-order valence-corrected chi connectivity index (χ0v) is 17.7. The van der Waals surface area contributed by atoms with Crippen LogP contribution in [0.5, 0.6) is 0 Å². The quantitative estimate of drug-likeness (QED) is 0.552. The average Bonchev–Trinajstić information content (AvgIpc) is 3.45. The van der Waals surface area contributed by atoms with E-state index in [4.69, 9.17) is 16.4 Å². The number of nitrogens with one attached hydrogen (secondary N) is 2. The van der Waals surface area contributed by atoms with E-state index in [0.717, 1.165) is 21.9 Å². The summed E-state index contributed by atoms with van der Waals surface area (Å²) in [4.78, 5) is 30.0. The highest BCUT2D eigenvalue weighted by molar-refractivity contribution is 6.27. The number of rotatable bonds is 7.